The van der Waals surface area contributed by atoms with E-state index in [1.807, 2.05) is 0 Å². The summed E-state index contributed by atoms with van der Waals surface area (Å²) in [7, 11) is 0. The number of carbonyl (C=O) groups excluding carboxylic acids is 1. The summed E-state index contributed by atoms with van der Waals surface area (Å²) in [5.41, 5.74) is -1.63. The Morgan fingerprint density at radius 3 is 2.68 bits per heavy atom. The van der Waals surface area contributed by atoms with Gasteiger partial charge in [-0.1, -0.05) is 35.3 Å². The summed E-state index contributed by atoms with van der Waals surface area (Å²) in [5, 5.41) is 21.5. The van der Waals surface area contributed by atoms with E-state index in [2.05, 4.69) is 15.5 Å². The summed E-state index contributed by atoms with van der Waals surface area (Å²) in [6, 6.07) is 7.46. The number of aliphatic hydroxyl groups is 1. The highest BCUT2D eigenvalue weighted by Gasteiger charge is 2.30. The van der Waals surface area contributed by atoms with Crippen LogP contribution in [0.1, 0.15) is 39.2 Å². The van der Waals surface area contributed by atoms with Gasteiger partial charge in [-0.05, 0) is 51.2 Å². The van der Waals surface area contributed by atoms with Crippen LogP contribution in [0.5, 0.6) is 11.5 Å². The lowest BCUT2D eigenvalue weighted by molar-refractivity contribution is -0.120. The average molecular weight is 550 g/mol. The van der Waals surface area contributed by atoms with Gasteiger partial charge in [0.1, 0.15) is 11.8 Å². The lowest BCUT2D eigenvalue weighted by Gasteiger charge is -2.26. The van der Waals surface area contributed by atoms with Crippen LogP contribution < -0.4 is 15.6 Å². The van der Waals surface area contributed by atoms with Crippen LogP contribution in [0.3, 0.4) is 0 Å². The predicted molar refractivity (Wildman–Crippen MR) is 139 cm³/mol. The molecule has 12 heteroatoms. The summed E-state index contributed by atoms with van der Waals surface area (Å²) < 4.78 is 13.8. The summed E-state index contributed by atoms with van der Waals surface area (Å²) in [6.07, 6.45) is 4.85. The first-order valence-electron chi connectivity index (χ1n) is 11.9. The van der Waals surface area contributed by atoms with Gasteiger partial charge in [-0.15, -0.1) is 0 Å². The Morgan fingerprint density at radius 2 is 1.97 bits per heavy atom. The molecule has 198 valence electrons. The van der Waals surface area contributed by atoms with Gasteiger partial charge in [0.25, 0.3) is 11.5 Å². The van der Waals surface area contributed by atoms with Crippen LogP contribution in [-0.2, 0) is 16.1 Å². The fourth-order valence-corrected chi connectivity index (χ4v) is 4.46. The molecule has 1 aliphatic heterocycles. The first-order valence-corrected chi connectivity index (χ1v) is 12.7. The molecule has 2 aromatic heterocycles. The molecule has 1 atom stereocenters. The van der Waals surface area contributed by atoms with Crippen molar-refractivity contribution in [3.63, 3.8) is 0 Å². The van der Waals surface area contributed by atoms with Crippen LogP contribution in [-0.4, -0.2) is 49.4 Å². The zero-order chi connectivity index (χ0) is 26.6. The minimum Gasteiger partial charge on any atom is -0.452 e. The molecule has 0 bridgehead atoms. The van der Waals surface area contributed by atoms with Crippen molar-refractivity contribution < 1.29 is 19.4 Å². The number of nitrogens with zero attached hydrogens (tertiary/aromatic N) is 4. The molecule has 0 radical (unpaired) electrons. The van der Waals surface area contributed by atoms with Gasteiger partial charge in [-0.3, -0.25) is 14.3 Å². The molecule has 3 heterocycles. The normalized spacial score (nSPS) is 15.4. The zero-order valence-corrected chi connectivity index (χ0v) is 22.1. The summed E-state index contributed by atoms with van der Waals surface area (Å²) in [4.78, 5) is 26.7. The van der Waals surface area contributed by atoms with E-state index < -0.39 is 23.1 Å². The van der Waals surface area contributed by atoms with E-state index in [-0.39, 0.29) is 23.2 Å². The van der Waals surface area contributed by atoms with Crippen molar-refractivity contribution in [3.8, 4) is 11.5 Å². The maximum Gasteiger partial charge on any atom is 0.290 e. The molecule has 1 unspecified atom stereocenters. The smallest absolute Gasteiger partial charge is 0.290 e. The standard InChI is InChI=1S/C25H29Cl2N5O5/c1-25(2,35)15-31-10-7-21(30-31)29-23(33)18(13-16-8-11-36-12-9-16)32-24(34)22(27)20(14-28-32)37-19-6-4-3-5-17(19)26/h3-7,10,14,16,18,35H,8-9,11-13,15H2,1-2H3,(H,29,30,33). The van der Waals surface area contributed by atoms with Crippen molar-refractivity contribution in [3.05, 3.63) is 63.1 Å². The van der Waals surface area contributed by atoms with Crippen LogP contribution in [0.15, 0.2) is 47.5 Å². The first-order chi connectivity index (χ1) is 17.6. The molecule has 3 aromatic rings. The third-order valence-corrected chi connectivity index (χ3v) is 6.56. The Labute approximate surface area is 224 Å². The van der Waals surface area contributed by atoms with Crippen molar-refractivity contribution in [2.75, 3.05) is 18.5 Å². The number of nitrogens with one attached hydrogen (secondary N) is 1. The molecule has 0 saturated carbocycles. The number of benzene rings is 1. The lowest BCUT2D eigenvalue weighted by Crippen LogP contribution is -2.37. The highest BCUT2D eigenvalue weighted by Crippen LogP contribution is 2.32. The van der Waals surface area contributed by atoms with Crippen molar-refractivity contribution in [2.45, 2.75) is 51.3 Å². The molecule has 1 amide bonds. The van der Waals surface area contributed by atoms with Crippen LogP contribution in [0.4, 0.5) is 5.82 Å². The summed E-state index contributed by atoms with van der Waals surface area (Å²) in [6.45, 7) is 4.76. The molecule has 37 heavy (non-hydrogen) atoms. The second-order valence-electron chi connectivity index (χ2n) is 9.61. The Bertz CT molecular complexity index is 1300. The molecule has 10 nitrogen and oxygen atoms in total. The molecule has 1 fully saturated rings. The highest BCUT2D eigenvalue weighted by molar-refractivity contribution is 6.32. The summed E-state index contributed by atoms with van der Waals surface area (Å²) in [5.74, 6) is 0.355. The van der Waals surface area contributed by atoms with Gasteiger partial charge in [-0.2, -0.15) is 10.2 Å². The van der Waals surface area contributed by atoms with Crippen LogP contribution in [0.2, 0.25) is 10.0 Å². The monoisotopic (exact) mass is 549 g/mol. The van der Waals surface area contributed by atoms with Crippen LogP contribution in [0, 0.1) is 5.92 Å². The average Bonchev–Trinajstić information content (AvgIpc) is 3.27. The molecular formula is C25H29Cl2N5O5. The Kier molecular flexibility index (Phi) is 8.53. The van der Waals surface area contributed by atoms with Gasteiger partial charge < -0.3 is 19.9 Å². The maximum atomic E-state index is 13.4. The Morgan fingerprint density at radius 1 is 1.24 bits per heavy atom. The molecule has 4 rings (SSSR count). The molecule has 1 saturated heterocycles. The lowest BCUT2D eigenvalue weighted by atomic mass is 9.92. The number of ether oxygens (including phenoxy) is 2. The molecule has 1 aromatic carbocycles. The minimum absolute atomic E-state index is 0.0339. The number of rotatable bonds is 9. The van der Waals surface area contributed by atoms with Crippen molar-refractivity contribution in [1.29, 1.82) is 0 Å². The van der Waals surface area contributed by atoms with Crippen LogP contribution in [0.25, 0.3) is 0 Å². The molecular weight excluding hydrogens is 521 g/mol. The molecule has 0 aliphatic carbocycles. The third-order valence-electron chi connectivity index (χ3n) is 5.90. The van der Waals surface area contributed by atoms with Crippen LogP contribution >= 0.6 is 23.2 Å². The van der Waals surface area contributed by atoms with Crippen molar-refractivity contribution >= 4 is 34.9 Å². The highest BCUT2D eigenvalue weighted by atomic mass is 35.5. The first kappa shape index (κ1) is 27.1. The van der Waals surface area contributed by atoms with E-state index >= 15 is 0 Å². The number of hydrogen-bond acceptors (Lipinski definition) is 7. The van der Waals surface area contributed by atoms with E-state index in [1.54, 1.807) is 50.4 Å². The van der Waals surface area contributed by atoms with E-state index in [0.717, 1.165) is 17.5 Å². The third kappa shape index (κ3) is 7.10. The number of aromatic nitrogens is 4. The van der Waals surface area contributed by atoms with E-state index in [9.17, 15) is 14.7 Å². The van der Waals surface area contributed by atoms with E-state index in [0.29, 0.717) is 36.2 Å². The van der Waals surface area contributed by atoms with E-state index in [4.69, 9.17) is 32.7 Å². The van der Waals surface area contributed by atoms with Gasteiger partial charge in [0, 0.05) is 25.5 Å². The van der Waals surface area contributed by atoms with Gasteiger partial charge >= 0.3 is 0 Å². The number of anilines is 1. The van der Waals surface area contributed by atoms with Gasteiger partial charge in [0.05, 0.1) is 23.4 Å². The number of para-hydroxylation sites is 1. The summed E-state index contributed by atoms with van der Waals surface area (Å²) >= 11 is 12.5. The number of carbonyl (C=O) groups is 1. The second-order valence-corrected chi connectivity index (χ2v) is 10.4. The molecule has 1 aliphatic rings. The maximum absolute atomic E-state index is 13.4. The second kappa shape index (κ2) is 11.6. The quantitative estimate of drug-likeness (QED) is 0.408. The van der Waals surface area contributed by atoms with Crippen molar-refractivity contribution in [2.24, 2.45) is 5.92 Å². The number of halogens is 2. The van der Waals surface area contributed by atoms with E-state index in [1.165, 1.54) is 10.9 Å². The minimum atomic E-state index is -0.972. The fraction of sp³-hybridized carbons (Fsp3) is 0.440. The van der Waals surface area contributed by atoms with Gasteiger partial charge in [0.2, 0.25) is 0 Å². The topological polar surface area (TPSA) is 120 Å². The SMILES string of the molecule is CC(C)(O)Cn1ccc(NC(=O)C(CC2CCOCC2)n2ncc(Oc3ccccc3Cl)c(Cl)c2=O)n1. The van der Waals surface area contributed by atoms with Crippen molar-refractivity contribution in [1.82, 2.24) is 19.6 Å². The number of amides is 1. The van der Waals surface area contributed by atoms with Gasteiger partial charge in [0.15, 0.2) is 16.6 Å². The predicted octanol–water partition coefficient (Wildman–Crippen LogP) is 4.31. The number of hydrogen-bond donors (Lipinski definition) is 2. The Balaban J connectivity index is 1.60. The molecule has 0 spiro atoms. The zero-order valence-electron chi connectivity index (χ0n) is 20.6. The molecule has 2 N–H and O–H groups in total. The van der Waals surface area contributed by atoms with Gasteiger partial charge in [-0.25, -0.2) is 4.68 Å². The Hall–Kier alpha value is -2.92. The largest absolute Gasteiger partial charge is 0.452 e. The fourth-order valence-electron chi connectivity index (χ4n) is 4.11.